The summed E-state index contributed by atoms with van der Waals surface area (Å²) in [5.74, 6) is 0.452. The molecule has 1 amide bonds. The summed E-state index contributed by atoms with van der Waals surface area (Å²) in [6.45, 7) is 17.4. The molecule has 5 heteroatoms. The van der Waals surface area contributed by atoms with Crippen LogP contribution in [0.15, 0.2) is 72.8 Å². The van der Waals surface area contributed by atoms with E-state index in [0.29, 0.717) is 12.5 Å². The summed E-state index contributed by atoms with van der Waals surface area (Å²) in [4.78, 5) is 12.3. The molecule has 0 aliphatic rings. The van der Waals surface area contributed by atoms with Crippen LogP contribution in [-0.4, -0.2) is 32.7 Å². The van der Waals surface area contributed by atoms with E-state index in [1.165, 1.54) is 10.4 Å². The molecule has 2 rings (SSSR count). The molecule has 1 N–H and O–H groups in total. The van der Waals surface area contributed by atoms with Gasteiger partial charge in [0.25, 0.3) is 8.32 Å². The van der Waals surface area contributed by atoms with Gasteiger partial charge in [0.2, 0.25) is 0 Å². The molecule has 0 saturated carbocycles. The molecule has 0 aliphatic carbocycles. The molecule has 0 saturated heterocycles. The first kappa shape index (κ1) is 28.9. The number of benzene rings is 2. The van der Waals surface area contributed by atoms with Crippen LogP contribution in [0.3, 0.4) is 0 Å². The minimum absolute atomic E-state index is 0.0438. The lowest BCUT2D eigenvalue weighted by Gasteiger charge is -2.43. The third kappa shape index (κ3) is 8.66. The average molecular weight is 496 g/mol. The van der Waals surface area contributed by atoms with Crippen molar-refractivity contribution in [1.82, 2.24) is 5.32 Å². The second kappa shape index (κ2) is 12.5. The molecule has 35 heavy (non-hydrogen) atoms. The van der Waals surface area contributed by atoms with Gasteiger partial charge in [-0.25, -0.2) is 4.79 Å². The maximum Gasteiger partial charge on any atom is 0.408 e. The van der Waals surface area contributed by atoms with E-state index in [9.17, 15) is 4.79 Å². The van der Waals surface area contributed by atoms with Gasteiger partial charge in [-0.3, -0.25) is 0 Å². The van der Waals surface area contributed by atoms with Crippen LogP contribution in [0, 0.1) is 5.92 Å². The lowest BCUT2D eigenvalue weighted by atomic mass is 10.0. The highest BCUT2D eigenvalue weighted by Gasteiger charge is 2.49. The Bertz CT molecular complexity index is 888. The van der Waals surface area contributed by atoms with Gasteiger partial charge in [0, 0.05) is 6.61 Å². The minimum Gasteiger partial charge on any atom is -0.444 e. The van der Waals surface area contributed by atoms with Crippen molar-refractivity contribution < 1.29 is 14.0 Å². The van der Waals surface area contributed by atoms with Gasteiger partial charge in [0.1, 0.15) is 5.60 Å². The summed E-state index contributed by atoms with van der Waals surface area (Å²) in [6, 6.07) is 21.3. The summed E-state index contributed by atoms with van der Waals surface area (Å²) >= 11 is 0. The number of hydrogen-bond donors (Lipinski definition) is 1. The summed E-state index contributed by atoms with van der Waals surface area (Å²) < 4.78 is 12.4. The van der Waals surface area contributed by atoms with Crippen LogP contribution in [0.5, 0.6) is 0 Å². The van der Waals surface area contributed by atoms with Crippen molar-refractivity contribution in [2.45, 2.75) is 84.9 Å². The summed E-state index contributed by atoms with van der Waals surface area (Å²) in [5, 5.41) is 5.53. The van der Waals surface area contributed by atoms with E-state index >= 15 is 0 Å². The lowest BCUT2D eigenvalue weighted by Crippen LogP contribution is -2.66. The highest BCUT2D eigenvalue weighted by molar-refractivity contribution is 6.99. The van der Waals surface area contributed by atoms with Crippen molar-refractivity contribution in [1.29, 1.82) is 0 Å². The molecular weight excluding hydrogens is 450 g/mol. The average Bonchev–Trinajstić information content (AvgIpc) is 2.74. The fraction of sp³-hybridized carbons (Fsp3) is 0.500. The van der Waals surface area contributed by atoms with E-state index in [0.717, 1.165) is 12.8 Å². The van der Waals surface area contributed by atoms with Crippen molar-refractivity contribution in [2.75, 3.05) is 6.61 Å². The quantitative estimate of drug-likeness (QED) is 0.234. The zero-order chi connectivity index (χ0) is 26.1. The zero-order valence-corrected chi connectivity index (χ0v) is 23.9. The van der Waals surface area contributed by atoms with Crippen LogP contribution in [0.4, 0.5) is 4.79 Å². The van der Waals surface area contributed by atoms with Gasteiger partial charge in [0.05, 0.1) is 6.04 Å². The van der Waals surface area contributed by atoms with E-state index < -0.39 is 13.9 Å². The molecular formula is C30H45NO3Si. The zero-order valence-electron chi connectivity index (χ0n) is 22.9. The topological polar surface area (TPSA) is 47.6 Å². The molecule has 0 aliphatic heterocycles. The summed E-state index contributed by atoms with van der Waals surface area (Å²) in [6.07, 6.45) is 5.46. The molecule has 0 aromatic heterocycles. The minimum atomic E-state index is -2.53. The number of carbonyl (C=O) groups excluding carboxylic acids is 1. The fourth-order valence-electron chi connectivity index (χ4n) is 4.45. The summed E-state index contributed by atoms with van der Waals surface area (Å²) in [5.41, 5.74) is -0.514. The predicted octanol–water partition coefficient (Wildman–Crippen LogP) is 6.45. The van der Waals surface area contributed by atoms with Crippen molar-refractivity contribution in [3.8, 4) is 0 Å². The molecule has 0 fully saturated rings. The first-order valence-electron chi connectivity index (χ1n) is 12.8. The second-order valence-corrected chi connectivity index (χ2v) is 15.9. The van der Waals surface area contributed by atoms with E-state index in [4.69, 9.17) is 9.16 Å². The van der Waals surface area contributed by atoms with Crippen molar-refractivity contribution in [3.63, 3.8) is 0 Å². The van der Waals surface area contributed by atoms with E-state index in [1.54, 1.807) is 0 Å². The number of ether oxygens (including phenoxy) is 1. The Labute approximate surface area is 214 Å². The van der Waals surface area contributed by atoms with E-state index in [1.807, 2.05) is 20.8 Å². The van der Waals surface area contributed by atoms with Gasteiger partial charge < -0.3 is 14.5 Å². The van der Waals surface area contributed by atoms with Crippen LogP contribution in [-0.2, 0) is 9.16 Å². The normalized spacial score (nSPS) is 13.7. The van der Waals surface area contributed by atoms with Crippen molar-refractivity contribution in [2.24, 2.45) is 5.92 Å². The Balaban J connectivity index is 2.19. The number of nitrogens with one attached hydrogen (secondary N) is 1. The van der Waals surface area contributed by atoms with Gasteiger partial charge >= 0.3 is 6.09 Å². The van der Waals surface area contributed by atoms with Crippen LogP contribution in [0.2, 0.25) is 5.04 Å². The van der Waals surface area contributed by atoms with Crippen LogP contribution in [0.1, 0.15) is 68.2 Å². The number of amides is 1. The highest BCUT2D eigenvalue weighted by atomic mass is 28.4. The van der Waals surface area contributed by atoms with Gasteiger partial charge in [-0.15, -0.1) is 0 Å². The fourth-order valence-corrected chi connectivity index (χ4v) is 9.03. The van der Waals surface area contributed by atoms with Gasteiger partial charge in [0.15, 0.2) is 0 Å². The maximum atomic E-state index is 12.3. The lowest BCUT2D eigenvalue weighted by molar-refractivity contribution is 0.0510. The number of rotatable bonds is 10. The number of carbonyl (C=O) groups is 1. The molecule has 4 nitrogen and oxygen atoms in total. The molecule has 0 spiro atoms. The molecule has 2 aromatic carbocycles. The van der Waals surface area contributed by atoms with Crippen LogP contribution >= 0.6 is 0 Å². The van der Waals surface area contributed by atoms with Crippen LogP contribution in [0.25, 0.3) is 0 Å². The molecule has 1 atom stereocenters. The van der Waals surface area contributed by atoms with Crippen LogP contribution < -0.4 is 15.7 Å². The van der Waals surface area contributed by atoms with Gasteiger partial charge in [-0.2, -0.15) is 0 Å². The van der Waals surface area contributed by atoms with Gasteiger partial charge in [-0.05, 0) is 54.9 Å². The molecule has 0 unspecified atom stereocenters. The van der Waals surface area contributed by atoms with E-state index in [-0.39, 0.29) is 17.2 Å². The molecule has 0 heterocycles. The Kier molecular flexibility index (Phi) is 10.3. The number of alkyl carbamates (subject to hydrolysis) is 1. The molecule has 0 bridgehead atoms. The van der Waals surface area contributed by atoms with Gasteiger partial charge in [-0.1, -0.05) is 107 Å². The van der Waals surface area contributed by atoms with Crippen molar-refractivity contribution >= 4 is 24.8 Å². The standard InChI is InChI=1S/C30H45NO3Si/c1-24(2)23-25(31-28(32)34-29(3,4)5)17-15-16-22-33-35(30(6,7)8,26-18-11-9-12-19-26)27-20-13-10-14-21-27/h9-15,17-21,24-25H,16,22-23H2,1-8H3,(H,31,32)/t25-/m1/s1. The third-order valence-corrected chi connectivity index (χ3v) is 10.9. The SMILES string of the molecule is CC(C)C[C@@H](C=CCCO[Si](c1ccccc1)(c1ccccc1)C(C)(C)C)NC(=O)OC(C)(C)C. The largest absolute Gasteiger partial charge is 0.444 e. The molecule has 2 aromatic rings. The maximum absolute atomic E-state index is 12.3. The first-order chi connectivity index (χ1) is 16.3. The molecule has 192 valence electrons. The number of hydrogen-bond acceptors (Lipinski definition) is 3. The predicted molar refractivity (Wildman–Crippen MR) is 150 cm³/mol. The third-order valence-electron chi connectivity index (χ3n) is 5.82. The Morgan fingerprint density at radius 3 is 1.86 bits per heavy atom. The Hall–Kier alpha value is -2.37. The van der Waals surface area contributed by atoms with E-state index in [2.05, 4.69) is 113 Å². The highest BCUT2D eigenvalue weighted by Crippen LogP contribution is 2.36. The first-order valence-corrected chi connectivity index (χ1v) is 14.7. The molecule has 0 radical (unpaired) electrons. The Morgan fingerprint density at radius 1 is 0.914 bits per heavy atom. The second-order valence-electron chi connectivity index (χ2n) is 11.6. The Morgan fingerprint density at radius 2 is 1.43 bits per heavy atom. The monoisotopic (exact) mass is 495 g/mol. The smallest absolute Gasteiger partial charge is 0.408 e. The van der Waals surface area contributed by atoms with Crippen molar-refractivity contribution in [3.05, 3.63) is 72.8 Å². The summed E-state index contributed by atoms with van der Waals surface area (Å²) in [7, 11) is -2.53.